The normalized spacial score (nSPS) is 20.7. The predicted octanol–water partition coefficient (Wildman–Crippen LogP) is 8.41. The number of para-hydroxylation sites is 1. The largest absolute Gasteiger partial charge is 1.00 e. The van der Waals surface area contributed by atoms with Crippen molar-refractivity contribution in [1.29, 1.82) is 0 Å². The molecule has 10 rings (SSSR count). The number of aromatic nitrogens is 3. The Morgan fingerprint density at radius 3 is 2.18 bits per heavy atom. The number of hydrogen-bond donors (Lipinski definition) is 0. The summed E-state index contributed by atoms with van der Waals surface area (Å²) >= 11 is 7.17. The van der Waals surface area contributed by atoms with Gasteiger partial charge in [0.1, 0.15) is 17.7 Å². The zero-order valence-electron chi connectivity index (χ0n) is 30.5. The molecule has 0 unspecified atom stereocenters. The lowest BCUT2D eigenvalue weighted by atomic mass is 9.71. The molecule has 5 atom stereocenters. The molecule has 5 nitrogen and oxygen atoms in total. The highest BCUT2D eigenvalue weighted by atomic mass is 79.9. The van der Waals surface area contributed by atoms with Crippen molar-refractivity contribution in [2.45, 2.75) is 31.5 Å². The molecule has 7 aromatic rings. The van der Waals surface area contributed by atoms with Crippen LogP contribution >= 0.6 is 11.6 Å². The van der Waals surface area contributed by atoms with Crippen LogP contribution in [0, 0.1) is 11.8 Å². The highest BCUT2D eigenvalue weighted by Crippen LogP contribution is 2.50. The van der Waals surface area contributed by atoms with E-state index in [1.807, 2.05) is 72.9 Å². The van der Waals surface area contributed by atoms with Crippen LogP contribution in [0.2, 0.25) is 5.15 Å². The predicted molar refractivity (Wildman–Crippen MR) is 219 cm³/mol. The first-order chi connectivity index (χ1) is 26.6. The lowest BCUT2D eigenvalue weighted by molar-refractivity contribution is -0.984. The molecule has 3 fully saturated rings. The molecular weight excluding hydrogens is 764 g/mol. The molecule has 0 saturated carbocycles. The van der Waals surface area contributed by atoms with Crippen molar-refractivity contribution in [3.63, 3.8) is 0 Å². The summed E-state index contributed by atoms with van der Waals surface area (Å²) in [6, 6.07) is 50.5. The molecule has 0 N–H and O–H groups in total. The third-order valence-electron chi connectivity index (χ3n) is 11.7. The fraction of sp³-hybridized carbons (Fsp3) is 0.188. The Bertz CT molecular complexity index is 2420. The molecule has 55 heavy (non-hydrogen) atoms. The Kier molecular flexibility index (Phi) is 10.7. The molecule has 0 radical (unpaired) electrons. The third-order valence-corrected chi connectivity index (χ3v) is 12.0. The van der Waals surface area contributed by atoms with Crippen LogP contribution in [0.1, 0.15) is 30.1 Å². The van der Waals surface area contributed by atoms with E-state index in [4.69, 9.17) is 31.3 Å². The van der Waals surface area contributed by atoms with Crippen LogP contribution in [0.25, 0.3) is 44.5 Å². The van der Waals surface area contributed by atoms with Gasteiger partial charge in [-0.25, -0.2) is 4.98 Å². The summed E-state index contributed by atoms with van der Waals surface area (Å²) in [6.45, 7) is 7.29. The highest BCUT2D eigenvalue weighted by Gasteiger charge is 2.55. The Morgan fingerprint density at radius 2 is 1.44 bits per heavy atom. The molecule has 7 heteroatoms. The Balaban J connectivity index is 0.00000427. The van der Waals surface area contributed by atoms with E-state index in [1.54, 1.807) is 0 Å². The second-order valence-electron chi connectivity index (χ2n) is 14.8. The summed E-state index contributed by atoms with van der Waals surface area (Å²) in [5, 5.41) is 1.45. The van der Waals surface area contributed by atoms with E-state index in [9.17, 15) is 0 Å². The number of pyridine rings is 1. The van der Waals surface area contributed by atoms with Gasteiger partial charge >= 0.3 is 0 Å². The van der Waals surface area contributed by atoms with E-state index in [0.29, 0.717) is 34.3 Å². The molecule has 3 aliphatic heterocycles. The number of piperidine rings is 3. The van der Waals surface area contributed by atoms with Gasteiger partial charge in [0.15, 0.2) is 11.9 Å². The number of nitrogens with zero attached hydrogens (tertiary/aromatic N) is 4. The minimum atomic E-state index is -0.360. The quantitative estimate of drug-likeness (QED) is 0.0792. The van der Waals surface area contributed by atoms with E-state index in [2.05, 4.69) is 91.5 Å². The number of quaternary nitrogens is 1. The topological polar surface area (TPSA) is 47.9 Å². The molecule has 0 aliphatic carbocycles. The molecule has 3 aliphatic rings. The monoisotopic (exact) mass is 804 g/mol. The van der Waals surface area contributed by atoms with Crippen LogP contribution < -0.4 is 21.7 Å². The number of ether oxygens (including phenoxy) is 1. The van der Waals surface area contributed by atoms with Gasteiger partial charge in [-0.05, 0) is 40.8 Å². The average Bonchev–Trinajstić information content (AvgIpc) is 3.23. The van der Waals surface area contributed by atoms with Crippen LogP contribution in [0.15, 0.2) is 164 Å². The van der Waals surface area contributed by atoms with Gasteiger partial charge in [0.25, 0.3) is 0 Å². The molecule has 5 aromatic carbocycles. The zero-order valence-corrected chi connectivity index (χ0v) is 32.9. The van der Waals surface area contributed by atoms with Crippen molar-refractivity contribution in [3.05, 3.63) is 181 Å². The molecule has 5 heterocycles. The van der Waals surface area contributed by atoms with Crippen molar-refractivity contribution in [1.82, 2.24) is 15.0 Å². The fourth-order valence-corrected chi connectivity index (χ4v) is 9.38. The Labute approximate surface area is 338 Å². The van der Waals surface area contributed by atoms with Gasteiger partial charge in [-0.15, -0.1) is 6.58 Å². The second kappa shape index (κ2) is 15.9. The number of rotatable bonds is 10. The lowest BCUT2D eigenvalue weighted by Gasteiger charge is -2.58. The fourth-order valence-electron chi connectivity index (χ4n) is 9.11. The molecule has 3 saturated heterocycles. The number of benzene rings is 5. The molecule has 0 amide bonds. The van der Waals surface area contributed by atoms with E-state index in [1.165, 1.54) is 16.7 Å². The van der Waals surface area contributed by atoms with Crippen molar-refractivity contribution in [2.75, 3.05) is 13.1 Å². The van der Waals surface area contributed by atoms with Crippen molar-refractivity contribution in [3.8, 4) is 39.5 Å². The zero-order chi connectivity index (χ0) is 36.5. The summed E-state index contributed by atoms with van der Waals surface area (Å²) in [5.41, 5.74) is 8.33. The van der Waals surface area contributed by atoms with Gasteiger partial charge in [0.05, 0.1) is 24.2 Å². The van der Waals surface area contributed by atoms with Crippen LogP contribution in [0.5, 0.6) is 5.88 Å². The van der Waals surface area contributed by atoms with E-state index in [0.717, 1.165) is 64.6 Å². The van der Waals surface area contributed by atoms with E-state index >= 15 is 0 Å². The standard InChI is InChI=1S/C48H42ClN4O.BrH/c1-2-34-32-53(31-33-15-14-22-38(29-33)35-16-6-3-7-17-35)28-26-39(34)30-43(53)45(41-25-27-50-42-24-13-12-23-40(41)42)54-48-44(36-18-8-4-9-19-36)46(49)51-47(52-48)37-20-10-5-11-21-37;/h2-25,27,29,34,39,43,45H,1,26,28,30-32H2;1H/q+1;/p-1/t34-,39-,43+,45-,53+;/m0./s1. The first-order valence-electron chi connectivity index (χ1n) is 18.9. The molecule has 2 aromatic heterocycles. The van der Waals surface area contributed by atoms with Crippen molar-refractivity contribution < 1.29 is 26.2 Å². The lowest BCUT2D eigenvalue weighted by Crippen LogP contribution is -3.00. The Hall–Kier alpha value is -5.14. The molecular formula is C48H42BrClN4O. The maximum Gasteiger partial charge on any atom is 0.227 e. The van der Waals surface area contributed by atoms with Gasteiger partial charge in [-0.1, -0.05) is 145 Å². The van der Waals surface area contributed by atoms with Crippen molar-refractivity contribution in [2.24, 2.45) is 11.8 Å². The van der Waals surface area contributed by atoms with Crippen molar-refractivity contribution >= 4 is 22.5 Å². The van der Waals surface area contributed by atoms with Gasteiger partial charge in [-0.3, -0.25) is 4.98 Å². The summed E-state index contributed by atoms with van der Waals surface area (Å²) in [4.78, 5) is 14.8. The van der Waals surface area contributed by atoms with Gasteiger partial charge in [0, 0.05) is 47.0 Å². The SMILES string of the molecule is C=C[C@H]1C[N@+]2(Cc3cccc(-c4ccccc4)c3)CC[C@H]1C[C@@H]2[C@@H](Oc1nc(-c2ccccc2)nc(Cl)c1-c1ccccc1)c1ccnc2ccccc12.[Br-]. The molecule has 0 spiro atoms. The minimum Gasteiger partial charge on any atom is -1.00 e. The smallest absolute Gasteiger partial charge is 0.227 e. The number of fused-ring (bicyclic) bond motifs is 4. The van der Waals surface area contributed by atoms with E-state index < -0.39 is 0 Å². The molecule has 274 valence electrons. The first kappa shape index (κ1) is 36.8. The summed E-state index contributed by atoms with van der Waals surface area (Å²) in [6.07, 6.45) is 5.92. The maximum absolute atomic E-state index is 7.55. The maximum atomic E-state index is 7.55. The van der Waals surface area contributed by atoms with Gasteiger partial charge in [-0.2, -0.15) is 4.98 Å². The summed E-state index contributed by atoms with van der Waals surface area (Å²) in [5.74, 6) is 1.97. The van der Waals surface area contributed by atoms with Gasteiger partial charge < -0.3 is 26.2 Å². The summed E-state index contributed by atoms with van der Waals surface area (Å²) < 4.78 is 8.44. The summed E-state index contributed by atoms with van der Waals surface area (Å²) in [7, 11) is 0. The van der Waals surface area contributed by atoms with Gasteiger partial charge in [0.2, 0.25) is 5.88 Å². The number of hydrogen-bond acceptors (Lipinski definition) is 4. The second-order valence-corrected chi connectivity index (χ2v) is 15.2. The Morgan fingerprint density at radius 1 is 0.764 bits per heavy atom. The average molecular weight is 806 g/mol. The highest BCUT2D eigenvalue weighted by molar-refractivity contribution is 6.32. The van der Waals surface area contributed by atoms with Crippen LogP contribution in [0.4, 0.5) is 0 Å². The van der Waals surface area contributed by atoms with Crippen LogP contribution in [0.3, 0.4) is 0 Å². The first-order valence-corrected chi connectivity index (χ1v) is 19.3. The van der Waals surface area contributed by atoms with E-state index in [-0.39, 0.29) is 29.1 Å². The minimum absolute atomic E-state index is 0. The van der Waals surface area contributed by atoms with Crippen LogP contribution in [-0.2, 0) is 6.54 Å². The number of halogens is 2. The third kappa shape index (κ3) is 7.22. The molecule has 2 bridgehead atoms. The van der Waals surface area contributed by atoms with Crippen LogP contribution in [-0.4, -0.2) is 38.6 Å².